The minimum atomic E-state index is -1.00. The molecular formula is C33H44N2O4S. The maximum Gasteiger partial charge on any atom is 0.326 e. The number of hydrogen-bond donors (Lipinski definition) is 2. The van der Waals surface area contributed by atoms with Crippen molar-refractivity contribution in [2.45, 2.75) is 102 Å². The van der Waals surface area contributed by atoms with E-state index in [2.05, 4.69) is 5.32 Å². The number of benzene rings is 2. The van der Waals surface area contributed by atoms with E-state index in [1.807, 2.05) is 30.3 Å². The molecule has 0 saturated heterocycles. The molecule has 5 rings (SSSR count). The van der Waals surface area contributed by atoms with Crippen molar-refractivity contribution in [1.82, 2.24) is 10.2 Å². The maximum atomic E-state index is 12.9. The second-order valence-corrected chi connectivity index (χ2v) is 12.5. The Labute approximate surface area is 243 Å². The van der Waals surface area contributed by atoms with Crippen molar-refractivity contribution in [2.24, 2.45) is 5.92 Å². The first-order valence-corrected chi connectivity index (χ1v) is 16.0. The molecule has 2 aromatic rings. The fourth-order valence-electron chi connectivity index (χ4n) is 6.06. The zero-order chi connectivity index (χ0) is 28.3. The fourth-order valence-corrected chi connectivity index (χ4v) is 6.91. The molecule has 1 aliphatic heterocycles. The zero-order valence-electron chi connectivity index (χ0n) is 23.7. The Hall–Kier alpha value is -2.64. The summed E-state index contributed by atoms with van der Waals surface area (Å²) in [6.07, 6.45) is 14.9. The van der Waals surface area contributed by atoms with Crippen molar-refractivity contribution in [3.8, 4) is 0 Å². The van der Waals surface area contributed by atoms with E-state index in [9.17, 15) is 19.5 Å². The molecule has 40 heavy (non-hydrogen) atoms. The van der Waals surface area contributed by atoms with Gasteiger partial charge in [0, 0.05) is 42.3 Å². The van der Waals surface area contributed by atoms with Crippen LogP contribution >= 0.6 is 11.8 Å². The average molecular weight is 565 g/mol. The summed E-state index contributed by atoms with van der Waals surface area (Å²) in [6, 6.07) is 17.4. The van der Waals surface area contributed by atoms with Crippen LogP contribution in [0.4, 0.5) is 0 Å². The molecule has 1 amide bonds. The Morgan fingerprint density at radius 1 is 0.850 bits per heavy atom. The van der Waals surface area contributed by atoms with Gasteiger partial charge in [-0.1, -0.05) is 112 Å². The molecule has 7 heteroatoms. The molecule has 2 atom stereocenters. The Morgan fingerprint density at radius 2 is 1.40 bits per heavy atom. The van der Waals surface area contributed by atoms with Gasteiger partial charge in [0.25, 0.3) is 0 Å². The molecule has 2 aromatic carbocycles. The summed E-state index contributed by atoms with van der Waals surface area (Å²) in [5.41, 5.74) is 2.54. The summed E-state index contributed by atoms with van der Waals surface area (Å²) in [5.74, 6) is -1.37. The average Bonchev–Trinajstić information content (AvgIpc) is 3.00. The number of fused-ring (bicyclic) bond motifs is 1. The van der Waals surface area contributed by atoms with Crippen molar-refractivity contribution in [3.05, 3.63) is 71.3 Å². The molecule has 1 heterocycles. The summed E-state index contributed by atoms with van der Waals surface area (Å²) in [6.45, 7) is 2.03. The molecule has 216 valence electrons. The fraction of sp³-hybridized carbons (Fsp3) is 0.545. The zero-order valence-corrected chi connectivity index (χ0v) is 24.5. The number of carboxylic acid groups (broad SMARTS) is 1. The van der Waals surface area contributed by atoms with Gasteiger partial charge in [0.05, 0.1) is 0 Å². The van der Waals surface area contributed by atoms with Gasteiger partial charge in [-0.2, -0.15) is 0 Å². The van der Waals surface area contributed by atoms with E-state index in [1.54, 1.807) is 31.2 Å². The van der Waals surface area contributed by atoms with E-state index in [0.717, 1.165) is 35.0 Å². The Bertz CT molecular complexity index is 1100. The van der Waals surface area contributed by atoms with Gasteiger partial charge in [-0.25, -0.2) is 4.79 Å². The Morgan fingerprint density at radius 3 is 1.98 bits per heavy atom. The Balaban J connectivity index is 0.000000236. The van der Waals surface area contributed by atoms with E-state index in [0.29, 0.717) is 17.7 Å². The highest BCUT2D eigenvalue weighted by Gasteiger charge is 2.36. The van der Waals surface area contributed by atoms with Crippen molar-refractivity contribution in [1.29, 1.82) is 0 Å². The van der Waals surface area contributed by atoms with E-state index in [1.165, 1.54) is 69.1 Å². The predicted molar refractivity (Wildman–Crippen MR) is 161 cm³/mol. The molecule has 0 radical (unpaired) electrons. The summed E-state index contributed by atoms with van der Waals surface area (Å²) in [4.78, 5) is 38.3. The number of aliphatic carboxylic acids is 1. The second-order valence-electron chi connectivity index (χ2n) is 11.5. The summed E-state index contributed by atoms with van der Waals surface area (Å²) in [7, 11) is 0. The van der Waals surface area contributed by atoms with Gasteiger partial charge in [0.2, 0.25) is 11.0 Å². The lowest BCUT2D eigenvalue weighted by Crippen LogP contribution is -2.50. The quantitative estimate of drug-likeness (QED) is 0.401. The molecule has 2 aliphatic carbocycles. The van der Waals surface area contributed by atoms with Gasteiger partial charge in [-0.05, 0) is 36.8 Å². The third-order valence-electron chi connectivity index (χ3n) is 8.39. The monoisotopic (exact) mass is 564 g/mol. The van der Waals surface area contributed by atoms with Crippen molar-refractivity contribution in [3.63, 3.8) is 0 Å². The van der Waals surface area contributed by atoms with Crippen LogP contribution in [0.15, 0.2) is 54.6 Å². The summed E-state index contributed by atoms with van der Waals surface area (Å²) in [5, 5.41) is 13.3. The normalized spacial score (nSPS) is 20.5. The number of amides is 1. The number of carbonyl (C=O) groups excluding carboxylic acids is 2. The molecule has 6 nitrogen and oxygen atoms in total. The molecule has 3 aliphatic rings. The highest BCUT2D eigenvalue weighted by atomic mass is 32.2. The predicted octanol–water partition coefficient (Wildman–Crippen LogP) is 6.48. The molecule has 0 aromatic heterocycles. The first kappa shape index (κ1) is 30.3. The van der Waals surface area contributed by atoms with Crippen molar-refractivity contribution < 1.29 is 19.5 Å². The lowest BCUT2D eigenvalue weighted by molar-refractivity contribution is -0.152. The number of nitrogens with zero attached hydrogens (tertiary/aromatic N) is 1. The van der Waals surface area contributed by atoms with Gasteiger partial charge in [-0.3, -0.25) is 9.59 Å². The van der Waals surface area contributed by atoms with Crippen LogP contribution in [-0.2, 0) is 22.6 Å². The number of carboxylic acids is 1. The minimum absolute atomic E-state index is 0.0889. The van der Waals surface area contributed by atoms with Crippen LogP contribution in [0.5, 0.6) is 0 Å². The summed E-state index contributed by atoms with van der Waals surface area (Å²) >= 11 is 1.09. The molecule has 0 spiro atoms. The molecule has 0 bridgehead atoms. The van der Waals surface area contributed by atoms with Gasteiger partial charge in [-0.15, -0.1) is 0 Å². The SMILES string of the molecule is C1CCC(NC2CCCCC2)CC1.C[C@H](CSC(=O)c1ccccc1)C(=O)N1Cc2ccccc2C[C@H]1C(=O)O. The van der Waals surface area contributed by atoms with Crippen LogP contribution in [0.3, 0.4) is 0 Å². The molecule has 2 N–H and O–H groups in total. The lowest BCUT2D eigenvalue weighted by atomic mass is 9.91. The second kappa shape index (κ2) is 15.4. The lowest BCUT2D eigenvalue weighted by Gasteiger charge is -2.36. The van der Waals surface area contributed by atoms with Crippen molar-refractivity contribution in [2.75, 3.05) is 5.75 Å². The number of carbonyl (C=O) groups is 3. The van der Waals surface area contributed by atoms with Gasteiger partial charge < -0.3 is 15.3 Å². The number of rotatable bonds is 7. The third-order valence-corrected chi connectivity index (χ3v) is 9.56. The van der Waals surface area contributed by atoms with E-state index >= 15 is 0 Å². The van der Waals surface area contributed by atoms with Gasteiger partial charge in [0.1, 0.15) is 6.04 Å². The van der Waals surface area contributed by atoms with Gasteiger partial charge >= 0.3 is 5.97 Å². The van der Waals surface area contributed by atoms with E-state index in [-0.39, 0.29) is 17.6 Å². The van der Waals surface area contributed by atoms with Crippen LogP contribution in [0, 0.1) is 5.92 Å². The molecule has 2 saturated carbocycles. The number of hydrogen-bond acceptors (Lipinski definition) is 5. The Kier molecular flexibility index (Phi) is 11.7. The largest absolute Gasteiger partial charge is 0.480 e. The van der Waals surface area contributed by atoms with Crippen LogP contribution in [0.25, 0.3) is 0 Å². The first-order valence-electron chi connectivity index (χ1n) is 15.0. The molecule has 0 unspecified atom stereocenters. The van der Waals surface area contributed by atoms with Gasteiger partial charge in [0.15, 0.2) is 0 Å². The standard InChI is InChI=1S/C21H21NO4S.C12H23N/c1-14(13-27-21(26)15-7-3-2-4-8-15)19(23)22-12-17-10-6-5-9-16(17)11-18(22)20(24)25;1-3-7-11(8-4-1)13-12-9-5-2-6-10-12/h2-10,14,18H,11-13H2,1H3,(H,24,25);11-13H,1-10H2/t14-,18+;/m1./s1. The molecular weight excluding hydrogens is 520 g/mol. The minimum Gasteiger partial charge on any atom is -0.480 e. The number of nitrogens with one attached hydrogen (secondary N) is 1. The highest BCUT2D eigenvalue weighted by Crippen LogP contribution is 2.27. The van der Waals surface area contributed by atoms with E-state index in [4.69, 9.17) is 0 Å². The smallest absolute Gasteiger partial charge is 0.326 e. The maximum absolute atomic E-state index is 12.9. The van der Waals surface area contributed by atoms with Crippen molar-refractivity contribution >= 4 is 28.8 Å². The van der Waals surface area contributed by atoms with Crippen LogP contribution < -0.4 is 5.32 Å². The topological polar surface area (TPSA) is 86.7 Å². The van der Waals surface area contributed by atoms with Crippen LogP contribution in [0.1, 0.15) is 92.6 Å². The first-order chi connectivity index (χ1) is 19.4. The third kappa shape index (κ3) is 8.68. The number of thioether (sulfide) groups is 1. The van der Waals surface area contributed by atoms with E-state index < -0.39 is 17.9 Å². The molecule has 2 fully saturated rings. The van der Waals surface area contributed by atoms with Crippen LogP contribution in [-0.4, -0.2) is 50.9 Å². The summed E-state index contributed by atoms with van der Waals surface area (Å²) < 4.78 is 0. The van der Waals surface area contributed by atoms with Crippen LogP contribution in [0.2, 0.25) is 0 Å². The highest BCUT2D eigenvalue weighted by molar-refractivity contribution is 8.14.